The number of hydrogen-bond acceptors (Lipinski definition) is 9. The minimum absolute atomic E-state index is 0.0219. The summed E-state index contributed by atoms with van der Waals surface area (Å²) in [5.74, 6) is -2.13. The van der Waals surface area contributed by atoms with E-state index in [1.165, 1.54) is 52.0 Å². The van der Waals surface area contributed by atoms with Gasteiger partial charge in [-0.2, -0.15) is 0 Å². The van der Waals surface area contributed by atoms with Gasteiger partial charge in [0, 0.05) is 46.0 Å². The molecule has 2 amide bonds. The minimum Gasteiger partial charge on any atom is -0.423 e. The molecule has 0 aliphatic carbocycles. The molecule has 0 unspecified atom stereocenters. The molecule has 0 bridgehead atoms. The largest absolute Gasteiger partial charge is 0.423 e. The smallest absolute Gasteiger partial charge is 0.319 e. The molecule has 2 aromatic carbocycles. The van der Waals surface area contributed by atoms with Crippen LogP contribution >= 0.6 is 0 Å². The van der Waals surface area contributed by atoms with Gasteiger partial charge in [-0.25, -0.2) is 4.79 Å². The molecule has 2 N–H and O–H groups in total. The van der Waals surface area contributed by atoms with Crippen LogP contribution in [-0.2, 0) is 25.6 Å². The van der Waals surface area contributed by atoms with Crippen molar-refractivity contribution in [2.75, 3.05) is 11.9 Å². The third-order valence-electron chi connectivity index (χ3n) is 3.92. The zero-order valence-corrected chi connectivity index (χ0v) is 19.1. The number of carbonyl (C=O) groups is 5. The Morgan fingerprint density at radius 2 is 1.12 bits per heavy atom. The van der Waals surface area contributed by atoms with Gasteiger partial charge in [0.05, 0.1) is 0 Å². The lowest BCUT2D eigenvalue weighted by atomic mass is 10.1. The number of ether oxygens (including phenoxy) is 4. The average Bonchev–Trinajstić information content (AvgIpc) is 2.70. The maximum atomic E-state index is 12.2. The summed E-state index contributed by atoms with van der Waals surface area (Å²) in [7, 11) is 0. The van der Waals surface area contributed by atoms with Crippen molar-refractivity contribution in [1.29, 1.82) is 0 Å². The number of benzene rings is 2. The summed E-state index contributed by atoms with van der Waals surface area (Å²) in [5, 5.41) is 5.24. The van der Waals surface area contributed by atoms with Gasteiger partial charge in [0.15, 0.2) is 23.0 Å². The van der Waals surface area contributed by atoms with E-state index in [2.05, 4.69) is 10.6 Å². The Labute approximate surface area is 195 Å². The number of anilines is 1. The second-order valence-electron chi connectivity index (χ2n) is 6.95. The van der Waals surface area contributed by atoms with Crippen LogP contribution in [-0.4, -0.2) is 36.5 Å². The van der Waals surface area contributed by atoms with Crippen molar-refractivity contribution < 1.29 is 42.9 Å². The molecule has 0 aromatic heterocycles. The molecule has 2 aromatic rings. The summed E-state index contributed by atoms with van der Waals surface area (Å²) >= 11 is 0. The van der Waals surface area contributed by atoms with Gasteiger partial charge in [-0.1, -0.05) is 6.07 Å². The van der Waals surface area contributed by atoms with Crippen LogP contribution in [0.3, 0.4) is 0 Å². The Bertz CT molecular complexity index is 1110. The van der Waals surface area contributed by atoms with Crippen LogP contribution in [0.25, 0.3) is 0 Å². The van der Waals surface area contributed by atoms with Crippen LogP contribution in [0.2, 0.25) is 0 Å². The van der Waals surface area contributed by atoms with Gasteiger partial charge in [0.25, 0.3) is 0 Å². The highest BCUT2D eigenvalue weighted by Crippen LogP contribution is 2.31. The molecule has 34 heavy (non-hydrogen) atoms. The van der Waals surface area contributed by atoms with Gasteiger partial charge in [-0.05, 0) is 36.2 Å². The highest BCUT2D eigenvalue weighted by molar-refractivity contribution is 5.90. The van der Waals surface area contributed by atoms with E-state index in [0.717, 1.165) is 5.56 Å². The average molecular weight is 472 g/mol. The van der Waals surface area contributed by atoms with Gasteiger partial charge in [-0.3, -0.25) is 19.2 Å². The van der Waals surface area contributed by atoms with Crippen molar-refractivity contribution in [3.63, 3.8) is 0 Å². The molecular weight excluding hydrogens is 448 g/mol. The second kappa shape index (κ2) is 12.0. The maximum Gasteiger partial charge on any atom is 0.319 e. The predicted octanol–water partition coefficient (Wildman–Crippen LogP) is 2.75. The minimum atomic E-state index is -0.622. The molecule has 0 saturated carbocycles. The highest BCUT2D eigenvalue weighted by Gasteiger charge is 2.14. The number of urea groups is 1. The SMILES string of the molecule is CC(=O)Oc1ccc(CCNC(=O)Nc2ccc(OC(C)=O)c(OC(C)=O)c2)cc1OC(C)=O. The Hall–Kier alpha value is -4.41. The number of esters is 4. The van der Waals surface area contributed by atoms with Gasteiger partial charge in [0.1, 0.15) is 0 Å². The molecule has 0 aliphatic heterocycles. The van der Waals surface area contributed by atoms with E-state index in [1.54, 1.807) is 12.1 Å². The van der Waals surface area contributed by atoms with Crippen molar-refractivity contribution in [2.24, 2.45) is 0 Å². The van der Waals surface area contributed by atoms with E-state index >= 15 is 0 Å². The van der Waals surface area contributed by atoms with Crippen LogP contribution in [0.5, 0.6) is 23.0 Å². The first-order valence-corrected chi connectivity index (χ1v) is 10.1. The van der Waals surface area contributed by atoms with E-state index in [1.807, 2.05) is 0 Å². The van der Waals surface area contributed by atoms with Crippen molar-refractivity contribution in [3.8, 4) is 23.0 Å². The number of hydrogen-bond donors (Lipinski definition) is 2. The highest BCUT2D eigenvalue weighted by atomic mass is 16.6. The molecule has 0 atom stereocenters. The molecule has 0 heterocycles. The van der Waals surface area contributed by atoms with Gasteiger partial charge >= 0.3 is 29.9 Å². The van der Waals surface area contributed by atoms with Gasteiger partial charge in [-0.15, -0.1) is 0 Å². The van der Waals surface area contributed by atoms with Crippen molar-refractivity contribution in [1.82, 2.24) is 5.32 Å². The zero-order chi connectivity index (χ0) is 25.3. The van der Waals surface area contributed by atoms with Crippen molar-refractivity contribution in [2.45, 2.75) is 34.1 Å². The molecule has 180 valence electrons. The topological polar surface area (TPSA) is 146 Å². The molecule has 0 aliphatic rings. The van der Waals surface area contributed by atoms with Crippen LogP contribution in [0.4, 0.5) is 10.5 Å². The third kappa shape index (κ3) is 8.61. The lowest BCUT2D eigenvalue weighted by molar-refractivity contribution is -0.134. The standard InChI is InChI=1S/C23H24N2O9/c1-13(26)31-19-7-5-17(11-21(19)33-15(3)28)9-10-24-23(30)25-18-6-8-20(32-14(2)27)22(12-18)34-16(4)29/h5-8,11-12H,9-10H2,1-4H3,(H2,24,25,30). The Morgan fingerprint density at radius 3 is 1.65 bits per heavy atom. The molecule has 11 nitrogen and oxygen atoms in total. The van der Waals surface area contributed by atoms with E-state index in [9.17, 15) is 24.0 Å². The third-order valence-corrected chi connectivity index (χ3v) is 3.92. The molecule has 11 heteroatoms. The summed E-state index contributed by atoms with van der Waals surface area (Å²) in [5.41, 5.74) is 1.02. The van der Waals surface area contributed by atoms with Crippen LogP contribution in [0, 0.1) is 0 Å². The Morgan fingerprint density at radius 1 is 0.647 bits per heavy atom. The summed E-state index contributed by atoms with van der Waals surface area (Å²) in [6, 6.07) is 8.38. The molecule has 0 fully saturated rings. The Kier molecular flexibility index (Phi) is 9.12. The van der Waals surface area contributed by atoms with E-state index in [-0.39, 0.29) is 29.5 Å². The fourth-order valence-electron chi connectivity index (χ4n) is 2.74. The number of amides is 2. The quantitative estimate of drug-likeness (QED) is 0.437. The van der Waals surface area contributed by atoms with E-state index in [4.69, 9.17) is 18.9 Å². The lowest BCUT2D eigenvalue weighted by Crippen LogP contribution is -2.30. The van der Waals surface area contributed by atoms with Crippen LogP contribution < -0.4 is 29.6 Å². The predicted molar refractivity (Wildman–Crippen MR) is 119 cm³/mol. The van der Waals surface area contributed by atoms with E-state index in [0.29, 0.717) is 12.1 Å². The fourth-order valence-corrected chi connectivity index (χ4v) is 2.74. The van der Waals surface area contributed by atoms with Gasteiger partial charge < -0.3 is 29.6 Å². The monoisotopic (exact) mass is 472 g/mol. The molecule has 2 rings (SSSR count). The lowest BCUT2D eigenvalue weighted by Gasteiger charge is -2.13. The zero-order valence-electron chi connectivity index (χ0n) is 19.1. The second-order valence-corrected chi connectivity index (χ2v) is 6.95. The number of nitrogens with one attached hydrogen (secondary N) is 2. The van der Waals surface area contributed by atoms with Crippen molar-refractivity contribution in [3.05, 3.63) is 42.0 Å². The van der Waals surface area contributed by atoms with Crippen molar-refractivity contribution >= 4 is 35.6 Å². The summed E-state index contributed by atoms with van der Waals surface area (Å²) in [4.78, 5) is 57.3. The maximum absolute atomic E-state index is 12.2. The molecular formula is C23H24N2O9. The molecule has 0 radical (unpaired) electrons. The summed E-state index contributed by atoms with van der Waals surface area (Å²) < 4.78 is 20.1. The summed E-state index contributed by atoms with van der Waals surface area (Å²) in [6.07, 6.45) is 0.381. The Balaban J connectivity index is 2.00. The normalized spacial score (nSPS) is 10.0. The fraction of sp³-hybridized carbons (Fsp3) is 0.261. The van der Waals surface area contributed by atoms with E-state index < -0.39 is 29.9 Å². The first-order chi connectivity index (χ1) is 16.0. The summed E-state index contributed by atoms with van der Waals surface area (Å²) in [6.45, 7) is 5.07. The molecule has 0 saturated heterocycles. The first kappa shape index (κ1) is 25.8. The number of rotatable bonds is 8. The van der Waals surface area contributed by atoms with Crippen LogP contribution in [0.15, 0.2) is 36.4 Å². The number of carbonyl (C=O) groups excluding carboxylic acids is 5. The van der Waals surface area contributed by atoms with Crippen LogP contribution in [0.1, 0.15) is 33.3 Å². The van der Waals surface area contributed by atoms with Gasteiger partial charge in [0.2, 0.25) is 0 Å². The first-order valence-electron chi connectivity index (χ1n) is 10.1. The molecule has 0 spiro atoms.